The summed E-state index contributed by atoms with van der Waals surface area (Å²) in [6, 6.07) is 3.22. The molecular weight excluding hydrogens is 442 g/mol. The van der Waals surface area contributed by atoms with E-state index in [2.05, 4.69) is 34.1 Å². The van der Waals surface area contributed by atoms with Crippen LogP contribution in [-0.4, -0.2) is 44.8 Å². The third kappa shape index (κ3) is 4.46. The van der Waals surface area contributed by atoms with Gasteiger partial charge in [-0.1, -0.05) is 5.16 Å². The van der Waals surface area contributed by atoms with Crippen LogP contribution in [0.2, 0.25) is 0 Å². The van der Waals surface area contributed by atoms with Gasteiger partial charge in [0.2, 0.25) is 5.82 Å². The summed E-state index contributed by atoms with van der Waals surface area (Å²) >= 11 is 4.89. The Morgan fingerprint density at radius 3 is 2.83 bits per heavy atom. The topological polar surface area (TPSA) is 116 Å². The number of rotatable bonds is 6. The summed E-state index contributed by atoms with van der Waals surface area (Å²) in [4.78, 5) is 12.1. The highest BCUT2D eigenvalue weighted by molar-refractivity contribution is 7.92. The van der Waals surface area contributed by atoms with E-state index in [4.69, 9.17) is 11.6 Å². The summed E-state index contributed by atoms with van der Waals surface area (Å²) in [5.74, 6) is -0.435. The average molecular weight is 457 g/mol. The third-order valence-electron chi connectivity index (χ3n) is 3.98. The zero-order valence-electron chi connectivity index (χ0n) is 15.7. The quantitative estimate of drug-likeness (QED) is 0.409. The molecular formula is C16H15ClF2N8O2S. The average Bonchev–Trinajstić information content (AvgIpc) is 3.37. The van der Waals surface area contributed by atoms with Crippen LogP contribution in [0.1, 0.15) is 17.4 Å². The Kier molecular flexibility index (Phi) is 5.02. The lowest BCUT2D eigenvalue weighted by Gasteiger charge is -2.00. The second-order valence-electron chi connectivity index (χ2n) is 6.56. The van der Waals surface area contributed by atoms with E-state index in [0.717, 1.165) is 0 Å². The SMILES string of the molecule is Cn1cnc(CS(C)(=O)=NCc2cn3ccc(-c4noc(C(F)(F)Cl)n4)cc3n2)n1. The van der Waals surface area contributed by atoms with Crippen molar-refractivity contribution in [3.05, 3.63) is 48.3 Å². The molecule has 10 nitrogen and oxygen atoms in total. The minimum absolute atomic E-state index is 0.0403. The number of halogens is 3. The van der Waals surface area contributed by atoms with Crippen molar-refractivity contribution in [1.82, 2.24) is 34.3 Å². The van der Waals surface area contributed by atoms with Crippen molar-refractivity contribution in [2.45, 2.75) is 17.7 Å². The van der Waals surface area contributed by atoms with Gasteiger partial charge in [-0.15, -0.1) is 0 Å². The van der Waals surface area contributed by atoms with E-state index in [1.165, 1.54) is 17.3 Å². The number of pyridine rings is 1. The molecule has 0 aromatic carbocycles. The van der Waals surface area contributed by atoms with Gasteiger partial charge < -0.3 is 8.92 Å². The van der Waals surface area contributed by atoms with Crippen LogP contribution >= 0.6 is 11.6 Å². The first-order valence-corrected chi connectivity index (χ1v) is 11.0. The number of aryl methyl sites for hydroxylation is 1. The van der Waals surface area contributed by atoms with E-state index in [9.17, 15) is 13.0 Å². The predicted octanol–water partition coefficient (Wildman–Crippen LogP) is 2.60. The molecule has 4 aromatic heterocycles. The zero-order valence-corrected chi connectivity index (χ0v) is 17.3. The van der Waals surface area contributed by atoms with Crippen molar-refractivity contribution >= 4 is 27.0 Å². The highest BCUT2D eigenvalue weighted by Gasteiger charge is 2.35. The molecule has 0 amide bonds. The molecule has 0 aliphatic rings. The van der Waals surface area contributed by atoms with E-state index < -0.39 is 21.0 Å². The highest BCUT2D eigenvalue weighted by atomic mass is 35.5. The molecule has 0 fully saturated rings. The van der Waals surface area contributed by atoms with E-state index in [0.29, 0.717) is 22.7 Å². The maximum absolute atomic E-state index is 13.1. The van der Waals surface area contributed by atoms with E-state index in [-0.39, 0.29) is 18.1 Å². The van der Waals surface area contributed by atoms with Gasteiger partial charge in [0.25, 0.3) is 0 Å². The molecule has 0 aliphatic heterocycles. The molecule has 1 atom stereocenters. The van der Waals surface area contributed by atoms with E-state index >= 15 is 0 Å². The Balaban J connectivity index is 1.55. The molecule has 4 aromatic rings. The van der Waals surface area contributed by atoms with Crippen LogP contribution in [0.3, 0.4) is 0 Å². The Hall–Kier alpha value is -2.93. The molecule has 1 unspecified atom stereocenters. The molecule has 0 spiro atoms. The summed E-state index contributed by atoms with van der Waals surface area (Å²) in [6.07, 6.45) is 6.46. The minimum Gasteiger partial charge on any atom is -0.331 e. The summed E-state index contributed by atoms with van der Waals surface area (Å²) in [7, 11) is -0.819. The van der Waals surface area contributed by atoms with Gasteiger partial charge in [0.05, 0.1) is 27.7 Å². The standard InChI is InChI=1S/C16H15ClF2N8O2S/c1-26-9-20-12(24-26)8-30(2,28)21-6-11-7-27-4-3-10(5-13(27)22-11)14-23-15(29-25-14)16(17,18)19/h3-5,7,9H,6,8H2,1-2H3. The molecule has 0 radical (unpaired) electrons. The number of hydrogen-bond acceptors (Lipinski definition) is 8. The van der Waals surface area contributed by atoms with Crippen molar-refractivity contribution in [1.29, 1.82) is 0 Å². The summed E-state index contributed by atoms with van der Waals surface area (Å²) in [6.45, 7) is 0.129. The number of hydrogen-bond donors (Lipinski definition) is 0. The molecule has 4 heterocycles. The molecule has 0 N–H and O–H groups in total. The molecule has 158 valence electrons. The lowest BCUT2D eigenvalue weighted by Crippen LogP contribution is -2.04. The number of fused-ring (bicyclic) bond motifs is 1. The van der Waals surface area contributed by atoms with Crippen LogP contribution in [0.5, 0.6) is 0 Å². The van der Waals surface area contributed by atoms with Crippen LogP contribution in [-0.2, 0) is 34.5 Å². The number of imidazole rings is 1. The summed E-state index contributed by atoms with van der Waals surface area (Å²) < 4.78 is 50.8. The van der Waals surface area contributed by atoms with Gasteiger partial charge in [-0.05, 0) is 23.7 Å². The van der Waals surface area contributed by atoms with Gasteiger partial charge in [0, 0.05) is 31.3 Å². The van der Waals surface area contributed by atoms with Crippen LogP contribution < -0.4 is 0 Å². The monoisotopic (exact) mass is 456 g/mol. The number of aromatic nitrogens is 7. The second-order valence-corrected chi connectivity index (χ2v) is 9.50. The van der Waals surface area contributed by atoms with E-state index in [1.807, 2.05) is 0 Å². The van der Waals surface area contributed by atoms with Gasteiger partial charge in [-0.2, -0.15) is 18.9 Å². The van der Waals surface area contributed by atoms with Crippen molar-refractivity contribution in [2.24, 2.45) is 11.4 Å². The van der Waals surface area contributed by atoms with Gasteiger partial charge >= 0.3 is 11.3 Å². The minimum atomic E-state index is -3.74. The highest BCUT2D eigenvalue weighted by Crippen LogP contribution is 2.32. The number of nitrogens with zero attached hydrogens (tertiary/aromatic N) is 8. The van der Waals surface area contributed by atoms with Crippen LogP contribution in [0.15, 0.2) is 39.7 Å². The fourth-order valence-corrected chi connectivity index (χ4v) is 3.83. The molecule has 14 heteroatoms. The van der Waals surface area contributed by atoms with Gasteiger partial charge in [0.1, 0.15) is 12.0 Å². The Morgan fingerprint density at radius 1 is 1.37 bits per heavy atom. The normalized spacial score (nSPS) is 14.2. The third-order valence-corrected chi connectivity index (χ3v) is 5.61. The van der Waals surface area contributed by atoms with Crippen LogP contribution in [0, 0.1) is 0 Å². The van der Waals surface area contributed by atoms with Crippen molar-refractivity contribution < 1.29 is 17.5 Å². The van der Waals surface area contributed by atoms with Crippen molar-refractivity contribution in [3.8, 4) is 11.4 Å². The molecule has 4 rings (SSSR count). The fourth-order valence-electron chi connectivity index (χ4n) is 2.64. The molecule has 30 heavy (non-hydrogen) atoms. The van der Waals surface area contributed by atoms with Gasteiger partial charge in [-0.25, -0.2) is 18.5 Å². The molecule has 0 bridgehead atoms. The maximum atomic E-state index is 13.1. The Labute approximate surface area is 174 Å². The largest absolute Gasteiger partial charge is 0.400 e. The Bertz CT molecular complexity index is 1330. The molecule has 0 saturated heterocycles. The molecule has 0 saturated carbocycles. The first-order chi connectivity index (χ1) is 14.1. The first-order valence-electron chi connectivity index (χ1n) is 8.48. The second kappa shape index (κ2) is 7.40. The molecule has 0 aliphatic carbocycles. The van der Waals surface area contributed by atoms with Crippen LogP contribution in [0.4, 0.5) is 8.78 Å². The lowest BCUT2D eigenvalue weighted by atomic mass is 10.2. The summed E-state index contributed by atoms with van der Waals surface area (Å²) in [5.41, 5.74) is 1.51. The lowest BCUT2D eigenvalue weighted by molar-refractivity contribution is 0.0551. The van der Waals surface area contributed by atoms with Crippen molar-refractivity contribution in [2.75, 3.05) is 6.26 Å². The fraction of sp³-hybridized carbons (Fsp3) is 0.312. The number of alkyl halides is 3. The zero-order chi connectivity index (χ0) is 21.5. The van der Waals surface area contributed by atoms with E-state index in [1.54, 1.807) is 36.0 Å². The van der Waals surface area contributed by atoms with Crippen LogP contribution in [0.25, 0.3) is 17.0 Å². The van der Waals surface area contributed by atoms with Gasteiger partial charge in [-0.3, -0.25) is 4.68 Å². The summed E-state index contributed by atoms with van der Waals surface area (Å²) in [5, 5.41) is 3.89. The smallest absolute Gasteiger partial charge is 0.331 e. The van der Waals surface area contributed by atoms with Crippen molar-refractivity contribution in [3.63, 3.8) is 0 Å². The maximum Gasteiger partial charge on any atom is 0.400 e. The first kappa shape index (κ1) is 20.3. The predicted molar refractivity (Wildman–Crippen MR) is 103 cm³/mol. The van der Waals surface area contributed by atoms with Gasteiger partial charge in [0.15, 0.2) is 5.82 Å². The Morgan fingerprint density at radius 2 is 2.17 bits per heavy atom.